The number of hydrogen-bond donors (Lipinski definition) is 1. The number of piperazine rings is 1. The van der Waals surface area contributed by atoms with Crippen LogP contribution >= 0.6 is 22.9 Å². The fraction of sp³-hybridized carbons (Fsp3) is 0.222. The second kappa shape index (κ2) is 6.88. The lowest BCUT2D eigenvalue weighted by molar-refractivity contribution is 0.585. The summed E-state index contributed by atoms with van der Waals surface area (Å²) in [7, 11) is 0. The van der Waals surface area contributed by atoms with E-state index in [0.29, 0.717) is 4.34 Å². The van der Waals surface area contributed by atoms with Crippen LogP contribution in [0.1, 0.15) is 0 Å². The number of aromatic nitrogens is 5. The molecule has 0 saturated carbocycles. The second-order valence-electron chi connectivity index (χ2n) is 6.19. The third-order valence-corrected chi connectivity index (χ3v) is 5.63. The van der Waals surface area contributed by atoms with E-state index in [4.69, 9.17) is 21.6 Å². The zero-order valence-electron chi connectivity index (χ0n) is 14.3. The highest BCUT2D eigenvalue weighted by atomic mass is 35.5. The van der Waals surface area contributed by atoms with E-state index in [-0.39, 0.29) is 0 Å². The van der Waals surface area contributed by atoms with Crippen molar-refractivity contribution in [1.29, 1.82) is 0 Å². The van der Waals surface area contributed by atoms with Crippen LogP contribution in [0.15, 0.2) is 42.9 Å². The molecule has 4 aromatic heterocycles. The van der Waals surface area contributed by atoms with Crippen molar-refractivity contribution in [1.82, 2.24) is 29.8 Å². The van der Waals surface area contributed by atoms with Gasteiger partial charge in [0.2, 0.25) is 0 Å². The number of halogens is 1. The molecule has 5 rings (SSSR count). The number of thiazole rings is 1. The highest BCUT2D eigenvalue weighted by Crippen LogP contribution is 2.32. The van der Waals surface area contributed by atoms with Crippen molar-refractivity contribution in [3.63, 3.8) is 0 Å². The Hall–Kier alpha value is -2.55. The summed E-state index contributed by atoms with van der Waals surface area (Å²) in [5.74, 6) is 1.70. The molecular formula is C18H16ClN7S. The van der Waals surface area contributed by atoms with Crippen LogP contribution in [-0.2, 0) is 0 Å². The van der Waals surface area contributed by atoms with Gasteiger partial charge in [0.15, 0.2) is 16.5 Å². The molecule has 136 valence electrons. The van der Waals surface area contributed by atoms with Gasteiger partial charge in [0.05, 0.1) is 11.9 Å². The summed E-state index contributed by atoms with van der Waals surface area (Å²) in [4.78, 5) is 20.6. The second-order valence-corrected chi connectivity index (χ2v) is 7.86. The van der Waals surface area contributed by atoms with Gasteiger partial charge in [0.1, 0.15) is 15.7 Å². The molecule has 0 unspecified atom stereocenters. The van der Waals surface area contributed by atoms with Gasteiger partial charge in [-0.1, -0.05) is 22.9 Å². The number of nitrogens with zero attached hydrogens (tertiary/aromatic N) is 6. The minimum atomic E-state index is 0.632. The average Bonchev–Trinajstić information content (AvgIpc) is 3.32. The molecule has 7 nitrogen and oxygen atoms in total. The first-order chi connectivity index (χ1) is 13.3. The summed E-state index contributed by atoms with van der Waals surface area (Å²) in [5, 5.41) is 4.14. The Balaban J connectivity index is 1.72. The van der Waals surface area contributed by atoms with E-state index in [1.807, 2.05) is 28.8 Å². The highest BCUT2D eigenvalue weighted by Gasteiger charge is 2.20. The first-order valence-electron chi connectivity index (χ1n) is 8.67. The van der Waals surface area contributed by atoms with Crippen LogP contribution in [0.3, 0.4) is 0 Å². The van der Waals surface area contributed by atoms with Crippen LogP contribution in [0.25, 0.3) is 27.7 Å². The fourth-order valence-corrected chi connectivity index (χ4v) is 4.15. The van der Waals surface area contributed by atoms with Crippen molar-refractivity contribution >= 4 is 39.9 Å². The van der Waals surface area contributed by atoms with E-state index in [2.05, 4.69) is 20.2 Å². The third-order valence-electron chi connectivity index (χ3n) is 4.52. The van der Waals surface area contributed by atoms with Gasteiger partial charge in [-0.25, -0.2) is 15.0 Å². The number of anilines is 1. The van der Waals surface area contributed by atoms with Gasteiger partial charge < -0.3 is 10.2 Å². The Kier molecular flexibility index (Phi) is 4.23. The van der Waals surface area contributed by atoms with Crippen LogP contribution in [0, 0.1) is 0 Å². The number of hydrogen-bond acceptors (Lipinski definition) is 7. The number of nitrogens with one attached hydrogen (secondary N) is 1. The third kappa shape index (κ3) is 3.05. The van der Waals surface area contributed by atoms with E-state index in [1.165, 1.54) is 11.3 Å². The van der Waals surface area contributed by atoms with Gasteiger partial charge in [-0.2, -0.15) is 0 Å². The SMILES string of the molecule is Clc1cnc(-c2nc3ccc(N4CCNCC4)nc3n2-c2ccncc2)s1. The van der Waals surface area contributed by atoms with Gasteiger partial charge in [-0.15, -0.1) is 0 Å². The van der Waals surface area contributed by atoms with Crippen molar-refractivity contribution in [2.24, 2.45) is 0 Å². The molecule has 1 aliphatic rings. The molecule has 0 bridgehead atoms. The molecule has 27 heavy (non-hydrogen) atoms. The van der Waals surface area contributed by atoms with Gasteiger partial charge in [0, 0.05) is 38.6 Å². The summed E-state index contributed by atoms with van der Waals surface area (Å²) in [6.07, 6.45) is 5.18. The molecule has 0 spiro atoms. The average molecular weight is 398 g/mol. The molecular weight excluding hydrogens is 382 g/mol. The van der Waals surface area contributed by atoms with Gasteiger partial charge in [0.25, 0.3) is 0 Å². The molecule has 1 fully saturated rings. The maximum absolute atomic E-state index is 6.11. The van der Waals surface area contributed by atoms with Gasteiger partial charge in [-0.05, 0) is 24.3 Å². The smallest absolute Gasteiger partial charge is 0.176 e. The molecule has 0 amide bonds. The zero-order chi connectivity index (χ0) is 18.2. The lowest BCUT2D eigenvalue weighted by Crippen LogP contribution is -2.43. The summed E-state index contributed by atoms with van der Waals surface area (Å²) < 4.78 is 2.66. The highest BCUT2D eigenvalue weighted by molar-refractivity contribution is 7.18. The lowest BCUT2D eigenvalue weighted by atomic mass is 10.3. The van der Waals surface area contributed by atoms with Gasteiger partial charge in [-0.3, -0.25) is 9.55 Å². The van der Waals surface area contributed by atoms with E-state index in [9.17, 15) is 0 Å². The van der Waals surface area contributed by atoms with Crippen LogP contribution in [0.5, 0.6) is 0 Å². The zero-order valence-corrected chi connectivity index (χ0v) is 15.9. The molecule has 0 radical (unpaired) electrons. The molecule has 0 atom stereocenters. The standard InChI is InChI=1S/C18H16ClN7S/c19-14-11-22-18(27-14)17-23-13-1-2-15(25-9-7-21-8-10-25)24-16(13)26(17)12-3-5-20-6-4-12/h1-6,11,21H,7-10H2. The predicted octanol–water partition coefficient (Wildman–Crippen LogP) is 3.00. The number of imidazole rings is 1. The van der Waals surface area contributed by atoms with Crippen LogP contribution in [-0.4, -0.2) is 50.7 Å². The van der Waals surface area contributed by atoms with Crippen molar-refractivity contribution < 1.29 is 0 Å². The fourth-order valence-electron chi connectivity index (χ4n) is 3.26. The van der Waals surface area contributed by atoms with E-state index >= 15 is 0 Å². The minimum absolute atomic E-state index is 0.632. The maximum Gasteiger partial charge on any atom is 0.176 e. The van der Waals surface area contributed by atoms with Crippen molar-refractivity contribution in [2.75, 3.05) is 31.1 Å². The van der Waals surface area contributed by atoms with Crippen molar-refractivity contribution in [3.05, 3.63) is 47.2 Å². The first kappa shape index (κ1) is 16.6. The number of fused-ring (bicyclic) bond motifs is 1. The predicted molar refractivity (Wildman–Crippen MR) is 108 cm³/mol. The lowest BCUT2D eigenvalue weighted by Gasteiger charge is -2.28. The molecule has 4 aromatic rings. The number of rotatable bonds is 3. The van der Waals surface area contributed by atoms with Crippen LogP contribution in [0.4, 0.5) is 5.82 Å². The van der Waals surface area contributed by atoms with Crippen molar-refractivity contribution in [3.8, 4) is 16.5 Å². The Morgan fingerprint density at radius 2 is 1.85 bits per heavy atom. The molecule has 0 aliphatic carbocycles. The van der Waals surface area contributed by atoms with Crippen LogP contribution < -0.4 is 10.2 Å². The molecule has 9 heteroatoms. The summed E-state index contributed by atoms with van der Waals surface area (Å²) >= 11 is 7.52. The van der Waals surface area contributed by atoms with E-state index in [0.717, 1.165) is 59.7 Å². The van der Waals surface area contributed by atoms with Crippen LogP contribution in [0.2, 0.25) is 4.34 Å². The first-order valence-corrected chi connectivity index (χ1v) is 9.86. The monoisotopic (exact) mass is 397 g/mol. The molecule has 1 saturated heterocycles. The summed E-state index contributed by atoms with van der Waals surface area (Å²) in [5.41, 5.74) is 2.57. The summed E-state index contributed by atoms with van der Waals surface area (Å²) in [6, 6.07) is 7.95. The van der Waals surface area contributed by atoms with E-state index in [1.54, 1.807) is 18.6 Å². The minimum Gasteiger partial charge on any atom is -0.354 e. The summed E-state index contributed by atoms with van der Waals surface area (Å²) in [6.45, 7) is 3.81. The number of pyridine rings is 2. The quantitative estimate of drug-likeness (QED) is 0.573. The normalized spacial score (nSPS) is 14.8. The van der Waals surface area contributed by atoms with Crippen molar-refractivity contribution in [2.45, 2.75) is 0 Å². The largest absolute Gasteiger partial charge is 0.354 e. The Bertz CT molecular complexity index is 1090. The topological polar surface area (TPSA) is 71.8 Å². The van der Waals surface area contributed by atoms with E-state index < -0.39 is 0 Å². The Labute approximate surface area is 164 Å². The Morgan fingerprint density at radius 3 is 2.59 bits per heavy atom. The molecule has 0 aromatic carbocycles. The molecule has 5 heterocycles. The Morgan fingerprint density at radius 1 is 1.04 bits per heavy atom. The molecule has 1 N–H and O–H groups in total. The maximum atomic E-state index is 6.11. The van der Waals surface area contributed by atoms with Gasteiger partial charge >= 0.3 is 0 Å². The molecule has 1 aliphatic heterocycles.